The molecule has 3 aromatic rings. The number of pyridine rings is 1. The number of imidazole rings is 1. The molecule has 3 rings (SSSR count). The van der Waals surface area contributed by atoms with Crippen LogP contribution in [0.4, 0.5) is 17.1 Å². The highest BCUT2D eigenvalue weighted by Gasteiger charge is 2.18. The van der Waals surface area contributed by atoms with Crippen LogP contribution in [0.5, 0.6) is 0 Å². The summed E-state index contributed by atoms with van der Waals surface area (Å²) in [7, 11) is -1.94. The zero-order valence-electron chi connectivity index (χ0n) is 12.2. The number of fused-ring (bicyclic) bond motifs is 1. The van der Waals surface area contributed by atoms with E-state index in [2.05, 4.69) is 25.6 Å². The Kier molecular flexibility index (Phi) is 4.16. The standard InChI is InChI=1S/C14H13BrN6O2S/c15-7-1-2-12-19-11(6-21(12)5-7)14(22)20-24(23)13-9(17)3-8(16)4-10(13)18/h1-6H,16-18H2,(H,20,22). The Labute approximate surface area is 147 Å². The van der Waals surface area contributed by atoms with Crippen molar-refractivity contribution >= 4 is 55.5 Å². The Hall–Kier alpha value is -2.59. The molecule has 1 atom stereocenters. The van der Waals surface area contributed by atoms with E-state index in [1.807, 2.05) is 0 Å². The predicted octanol–water partition coefficient (Wildman–Crippen LogP) is 1.30. The number of nitrogens with one attached hydrogen (secondary N) is 1. The maximum atomic E-state index is 12.4. The maximum Gasteiger partial charge on any atom is 0.283 e. The van der Waals surface area contributed by atoms with Gasteiger partial charge in [0, 0.05) is 22.6 Å². The summed E-state index contributed by atoms with van der Waals surface area (Å²) >= 11 is 3.34. The summed E-state index contributed by atoms with van der Waals surface area (Å²) in [4.78, 5) is 16.6. The molecule has 0 bridgehead atoms. The average Bonchev–Trinajstić information content (AvgIpc) is 2.89. The number of amides is 1. The normalized spacial score (nSPS) is 12.2. The highest BCUT2D eigenvalue weighted by molar-refractivity contribution is 9.10. The van der Waals surface area contributed by atoms with Crippen molar-refractivity contribution < 1.29 is 9.00 Å². The van der Waals surface area contributed by atoms with Crippen molar-refractivity contribution in [3.05, 3.63) is 46.8 Å². The highest BCUT2D eigenvalue weighted by Crippen LogP contribution is 2.26. The molecule has 124 valence electrons. The molecule has 0 aliphatic heterocycles. The van der Waals surface area contributed by atoms with Gasteiger partial charge in [0.1, 0.15) is 16.2 Å². The van der Waals surface area contributed by atoms with Gasteiger partial charge in [-0.25, -0.2) is 9.19 Å². The van der Waals surface area contributed by atoms with Gasteiger partial charge in [-0.15, -0.1) is 0 Å². The van der Waals surface area contributed by atoms with Crippen LogP contribution in [0.25, 0.3) is 5.65 Å². The Balaban J connectivity index is 1.87. The molecule has 0 radical (unpaired) electrons. The smallest absolute Gasteiger partial charge is 0.283 e. The molecular formula is C14H13BrN6O2S. The molecule has 0 saturated carbocycles. The number of hydrogen-bond donors (Lipinski definition) is 4. The van der Waals surface area contributed by atoms with Crippen LogP contribution in [-0.2, 0) is 11.0 Å². The van der Waals surface area contributed by atoms with Crippen LogP contribution >= 0.6 is 15.9 Å². The summed E-state index contributed by atoms with van der Waals surface area (Å²) in [6.45, 7) is 0. The largest absolute Gasteiger partial charge is 0.399 e. The summed E-state index contributed by atoms with van der Waals surface area (Å²) in [6.07, 6.45) is 3.29. The number of anilines is 3. The first kappa shape index (κ1) is 16.3. The number of nitrogen functional groups attached to an aromatic ring is 3. The third-order valence-electron chi connectivity index (χ3n) is 3.19. The zero-order chi connectivity index (χ0) is 17.4. The number of benzene rings is 1. The first-order valence-corrected chi connectivity index (χ1v) is 8.61. The van der Waals surface area contributed by atoms with Gasteiger partial charge in [-0.1, -0.05) is 0 Å². The summed E-state index contributed by atoms with van der Waals surface area (Å²) in [6, 6.07) is 6.40. The van der Waals surface area contributed by atoms with Gasteiger partial charge in [-0.2, -0.15) is 0 Å². The highest BCUT2D eigenvalue weighted by atomic mass is 79.9. The Morgan fingerprint density at radius 2 is 1.83 bits per heavy atom. The molecular weight excluding hydrogens is 396 g/mol. The van der Waals surface area contributed by atoms with E-state index < -0.39 is 16.9 Å². The van der Waals surface area contributed by atoms with Crippen LogP contribution < -0.4 is 21.9 Å². The van der Waals surface area contributed by atoms with Gasteiger partial charge in [0.25, 0.3) is 5.91 Å². The molecule has 7 N–H and O–H groups in total. The van der Waals surface area contributed by atoms with E-state index in [9.17, 15) is 9.00 Å². The summed E-state index contributed by atoms with van der Waals surface area (Å²) < 4.78 is 17.2. The summed E-state index contributed by atoms with van der Waals surface area (Å²) in [5.74, 6) is -0.608. The number of halogens is 1. The van der Waals surface area contributed by atoms with Crippen LogP contribution in [-0.4, -0.2) is 19.5 Å². The lowest BCUT2D eigenvalue weighted by Gasteiger charge is -2.10. The van der Waals surface area contributed by atoms with E-state index in [1.165, 1.54) is 18.3 Å². The van der Waals surface area contributed by atoms with Gasteiger partial charge in [-0.05, 0) is 40.2 Å². The molecule has 1 amide bonds. The zero-order valence-corrected chi connectivity index (χ0v) is 14.6. The predicted molar refractivity (Wildman–Crippen MR) is 96.4 cm³/mol. The van der Waals surface area contributed by atoms with Gasteiger partial charge in [0.05, 0.1) is 11.4 Å². The van der Waals surface area contributed by atoms with Crippen molar-refractivity contribution in [2.75, 3.05) is 17.2 Å². The van der Waals surface area contributed by atoms with Gasteiger partial charge < -0.3 is 21.6 Å². The molecule has 0 aliphatic carbocycles. The second-order valence-corrected chi connectivity index (χ2v) is 7.03. The topological polar surface area (TPSA) is 142 Å². The summed E-state index contributed by atoms with van der Waals surface area (Å²) in [5.41, 5.74) is 18.5. The number of hydrogen-bond acceptors (Lipinski definition) is 6. The van der Waals surface area contributed by atoms with E-state index in [1.54, 1.807) is 22.7 Å². The number of nitrogens with zero attached hydrogens (tertiary/aromatic N) is 2. The molecule has 1 aromatic carbocycles. The van der Waals surface area contributed by atoms with Crippen molar-refractivity contribution in [3.63, 3.8) is 0 Å². The van der Waals surface area contributed by atoms with Crippen LogP contribution in [0.3, 0.4) is 0 Å². The molecule has 0 spiro atoms. The van der Waals surface area contributed by atoms with E-state index in [0.29, 0.717) is 11.3 Å². The monoisotopic (exact) mass is 408 g/mol. The fourth-order valence-corrected chi connectivity index (χ4v) is 3.45. The van der Waals surface area contributed by atoms with E-state index in [0.717, 1.165) is 4.47 Å². The lowest BCUT2D eigenvalue weighted by molar-refractivity contribution is 0.0978. The molecule has 2 heterocycles. The molecule has 8 nitrogen and oxygen atoms in total. The molecule has 0 aliphatic rings. The van der Waals surface area contributed by atoms with Gasteiger partial charge in [-0.3, -0.25) is 9.52 Å². The van der Waals surface area contributed by atoms with Crippen LogP contribution in [0.2, 0.25) is 0 Å². The van der Waals surface area contributed by atoms with E-state index in [4.69, 9.17) is 17.2 Å². The molecule has 0 saturated heterocycles. The SMILES string of the molecule is Nc1cc(N)c(S(=O)NC(=O)c2cn3cc(Br)ccc3n2)c(N)c1. The minimum Gasteiger partial charge on any atom is -0.399 e. The van der Waals surface area contributed by atoms with Crippen molar-refractivity contribution in [2.24, 2.45) is 0 Å². The van der Waals surface area contributed by atoms with Crippen LogP contribution in [0, 0.1) is 0 Å². The molecule has 1 unspecified atom stereocenters. The van der Waals surface area contributed by atoms with E-state index >= 15 is 0 Å². The Morgan fingerprint density at radius 3 is 2.50 bits per heavy atom. The molecule has 10 heteroatoms. The number of carbonyl (C=O) groups excluding carboxylic acids is 1. The number of aromatic nitrogens is 2. The first-order chi connectivity index (χ1) is 11.3. The molecule has 0 fully saturated rings. The van der Waals surface area contributed by atoms with Crippen LogP contribution in [0.1, 0.15) is 10.5 Å². The number of nitrogens with two attached hydrogens (primary N) is 3. The van der Waals surface area contributed by atoms with E-state index in [-0.39, 0.29) is 22.0 Å². The molecule has 2 aromatic heterocycles. The number of carbonyl (C=O) groups is 1. The third-order valence-corrected chi connectivity index (χ3v) is 4.87. The van der Waals surface area contributed by atoms with Crippen molar-refractivity contribution in [1.29, 1.82) is 0 Å². The van der Waals surface area contributed by atoms with Gasteiger partial charge >= 0.3 is 0 Å². The minimum absolute atomic E-state index is 0.115. The fraction of sp³-hybridized carbons (Fsp3) is 0. The number of rotatable bonds is 3. The van der Waals surface area contributed by atoms with Gasteiger partial charge in [0.15, 0.2) is 11.0 Å². The summed E-state index contributed by atoms with van der Waals surface area (Å²) in [5, 5.41) is 0. The maximum absolute atomic E-state index is 12.4. The quantitative estimate of drug-likeness (QED) is 0.481. The van der Waals surface area contributed by atoms with Crippen molar-refractivity contribution in [1.82, 2.24) is 14.1 Å². The molecule has 24 heavy (non-hydrogen) atoms. The fourth-order valence-electron chi connectivity index (χ4n) is 2.17. The lowest BCUT2D eigenvalue weighted by Crippen LogP contribution is -2.27. The van der Waals surface area contributed by atoms with Gasteiger partial charge in [0.2, 0.25) is 0 Å². The second-order valence-electron chi connectivity index (χ2n) is 4.97. The average molecular weight is 409 g/mol. The second kappa shape index (κ2) is 6.13. The lowest BCUT2D eigenvalue weighted by atomic mass is 10.2. The Bertz CT molecular complexity index is 964. The first-order valence-electron chi connectivity index (χ1n) is 6.66. The van der Waals surface area contributed by atoms with Crippen molar-refractivity contribution in [2.45, 2.75) is 4.90 Å². The third kappa shape index (κ3) is 3.05. The Morgan fingerprint density at radius 1 is 1.17 bits per heavy atom. The van der Waals surface area contributed by atoms with Crippen molar-refractivity contribution in [3.8, 4) is 0 Å². The van der Waals surface area contributed by atoms with Crippen LogP contribution in [0.15, 0.2) is 46.0 Å². The minimum atomic E-state index is -1.94.